The average molecular weight is 706 g/mol. The van der Waals surface area contributed by atoms with Crippen molar-refractivity contribution in [3.63, 3.8) is 0 Å². The summed E-state index contributed by atoms with van der Waals surface area (Å²) in [5, 5.41) is 23.3. The Kier molecular flexibility index (Phi) is 12.1. The number of nitrogens with zero attached hydrogens (tertiary/aromatic N) is 4. The number of hydrogen-bond donors (Lipinski definition) is 5. The van der Waals surface area contributed by atoms with Gasteiger partial charge in [-0.2, -0.15) is 5.21 Å². The number of hydrogen-bond acceptors (Lipinski definition) is 8. The summed E-state index contributed by atoms with van der Waals surface area (Å²) in [5.41, 5.74) is 11.9. The molecule has 4 aromatic rings. The summed E-state index contributed by atoms with van der Waals surface area (Å²) < 4.78 is 0. The summed E-state index contributed by atoms with van der Waals surface area (Å²) in [4.78, 5) is 42.6. The largest absolute Gasteiger partial charge is 0.349 e. The molecule has 274 valence electrons. The van der Waals surface area contributed by atoms with Gasteiger partial charge in [0.15, 0.2) is 0 Å². The molecule has 0 spiro atoms. The van der Waals surface area contributed by atoms with E-state index in [-0.39, 0.29) is 29.7 Å². The van der Waals surface area contributed by atoms with Crippen LogP contribution in [-0.2, 0) is 16.0 Å². The number of aryl methyl sites for hydroxylation is 1. The van der Waals surface area contributed by atoms with Crippen LogP contribution in [0, 0.1) is 18.8 Å². The lowest BCUT2D eigenvalue weighted by molar-refractivity contribution is -0.130. The number of carbonyl (C=O) groups is 3. The monoisotopic (exact) mass is 705 g/mol. The molecule has 6 N–H and O–H groups in total. The van der Waals surface area contributed by atoms with Crippen LogP contribution in [0.3, 0.4) is 0 Å². The third-order valence-corrected chi connectivity index (χ3v) is 10.9. The number of H-pyrrole nitrogens is 1. The molecule has 1 aromatic heterocycles. The predicted octanol–water partition coefficient (Wildman–Crippen LogP) is 4.88. The van der Waals surface area contributed by atoms with Crippen molar-refractivity contribution in [1.82, 2.24) is 36.2 Å². The molecule has 12 heteroatoms. The molecule has 2 aliphatic carbocycles. The third kappa shape index (κ3) is 9.29. The summed E-state index contributed by atoms with van der Waals surface area (Å²) in [6.07, 6.45) is 7.88. The van der Waals surface area contributed by atoms with E-state index in [1.54, 1.807) is 24.3 Å². The highest BCUT2D eigenvalue weighted by atomic mass is 16.2. The zero-order valence-electron chi connectivity index (χ0n) is 30.4. The van der Waals surface area contributed by atoms with E-state index in [9.17, 15) is 14.4 Å². The number of aromatic nitrogens is 4. The number of benzene rings is 3. The lowest BCUT2D eigenvalue weighted by atomic mass is 9.81. The number of nitrogens with two attached hydrogens (primary N) is 1. The first-order valence-corrected chi connectivity index (χ1v) is 18.5. The second kappa shape index (κ2) is 17.1. The van der Waals surface area contributed by atoms with E-state index in [4.69, 9.17) is 5.73 Å². The molecule has 0 aliphatic heterocycles. The zero-order chi connectivity index (χ0) is 36.6. The predicted molar refractivity (Wildman–Crippen MR) is 202 cm³/mol. The van der Waals surface area contributed by atoms with Gasteiger partial charge < -0.3 is 26.6 Å². The van der Waals surface area contributed by atoms with Gasteiger partial charge in [-0.15, -0.1) is 10.2 Å². The van der Waals surface area contributed by atoms with Crippen LogP contribution in [0.4, 0.5) is 5.69 Å². The number of anilines is 1. The van der Waals surface area contributed by atoms with E-state index in [0.29, 0.717) is 42.0 Å². The summed E-state index contributed by atoms with van der Waals surface area (Å²) in [5.74, 6) is 0.352. The zero-order valence-corrected chi connectivity index (χ0v) is 30.4. The number of nitrogens with one attached hydrogen (secondary N) is 4. The fourth-order valence-electron chi connectivity index (χ4n) is 7.57. The van der Waals surface area contributed by atoms with Crippen LogP contribution < -0.4 is 21.7 Å². The minimum atomic E-state index is -0.778. The van der Waals surface area contributed by atoms with Crippen LogP contribution in [0.25, 0.3) is 22.5 Å². The smallest absolute Gasteiger partial charge is 0.251 e. The molecule has 52 heavy (non-hydrogen) atoms. The van der Waals surface area contributed by atoms with Crippen LogP contribution in [0.1, 0.15) is 72.9 Å². The Morgan fingerprint density at radius 3 is 2.19 bits per heavy atom. The normalized spacial score (nSPS) is 20.9. The van der Waals surface area contributed by atoms with Crippen molar-refractivity contribution in [3.05, 3.63) is 83.4 Å². The van der Waals surface area contributed by atoms with Crippen LogP contribution in [0.2, 0.25) is 0 Å². The van der Waals surface area contributed by atoms with Gasteiger partial charge in [-0.3, -0.25) is 14.4 Å². The molecular weight excluding hydrogens is 654 g/mol. The SMILES string of the molecule is Cc1cc(C(=O)NC2CCC(N(C)C)CC2)ccc1-c1ccc(C[C@H](NC(=O)C2CCC(CN)CC2)C(=O)Nc2ccc(-c3nn[nH]n3)cc2)cc1. The van der Waals surface area contributed by atoms with Gasteiger partial charge in [0, 0.05) is 41.2 Å². The maximum absolute atomic E-state index is 13.7. The Labute approximate surface area is 305 Å². The minimum Gasteiger partial charge on any atom is -0.349 e. The van der Waals surface area contributed by atoms with Crippen molar-refractivity contribution in [2.75, 3.05) is 26.0 Å². The molecule has 12 nitrogen and oxygen atoms in total. The van der Waals surface area contributed by atoms with E-state index in [1.807, 2.05) is 49.4 Å². The van der Waals surface area contributed by atoms with Crippen molar-refractivity contribution >= 4 is 23.4 Å². The van der Waals surface area contributed by atoms with Gasteiger partial charge in [0.1, 0.15) is 6.04 Å². The molecular formula is C40H51N9O3. The van der Waals surface area contributed by atoms with Gasteiger partial charge >= 0.3 is 0 Å². The molecule has 6 rings (SSSR count). The van der Waals surface area contributed by atoms with E-state index < -0.39 is 6.04 Å². The highest BCUT2D eigenvalue weighted by molar-refractivity contribution is 5.98. The second-order valence-electron chi connectivity index (χ2n) is 14.7. The lowest BCUT2D eigenvalue weighted by Crippen LogP contribution is -2.48. The second-order valence-corrected chi connectivity index (χ2v) is 14.7. The molecule has 2 fully saturated rings. The number of aromatic amines is 1. The van der Waals surface area contributed by atoms with Gasteiger partial charge in [-0.1, -0.05) is 30.3 Å². The third-order valence-electron chi connectivity index (χ3n) is 10.9. The van der Waals surface area contributed by atoms with E-state index in [0.717, 1.165) is 79.2 Å². The maximum Gasteiger partial charge on any atom is 0.251 e. The van der Waals surface area contributed by atoms with E-state index in [2.05, 4.69) is 55.6 Å². The van der Waals surface area contributed by atoms with E-state index >= 15 is 0 Å². The number of tetrazole rings is 1. The Hall–Kier alpha value is -4.94. The van der Waals surface area contributed by atoms with Crippen molar-refractivity contribution in [2.45, 2.75) is 82.8 Å². The molecule has 3 aromatic carbocycles. The van der Waals surface area contributed by atoms with Crippen molar-refractivity contribution in [2.24, 2.45) is 17.6 Å². The Bertz CT molecular complexity index is 1790. The van der Waals surface area contributed by atoms with Gasteiger partial charge in [-0.05, 0) is 149 Å². The molecule has 2 aliphatic rings. The Balaban J connectivity index is 1.11. The summed E-state index contributed by atoms with van der Waals surface area (Å²) in [7, 11) is 4.24. The molecule has 1 atom stereocenters. The van der Waals surface area contributed by atoms with Crippen molar-refractivity contribution in [3.8, 4) is 22.5 Å². The highest BCUT2D eigenvalue weighted by Gasteiger charge is 2.30. The minimum absolute atomic E-state index is 0.0278. The van der Waals surface area contributed by atoms with Crippen molar-refractivity contribution < 1.29 is 14.4 Å². The number of amides is 3. The topological polar surface area (TPSA) is 171 Å². The lowest BCUT2D eigenvalue weighted by Gasteiger charge is -2.33. The van der Waals surface area contributed by atoms with Crippen LogP contribution in [0.15, 0.2) is 66.7 Å². The van der Waals surface area contributed by atoms with Crippen LogP contribution in [-0.4, -0.2) is 82.0 Å². The summed E-state index contributed by atoms with van der Waals surface area (Å²) in [6, 6.07) is 21.1. The standard InChI is InChI=1S/C40H51N9O3/c1-25-22-31(39(51)42-33-17-19-34(20-18-33)49(2)3)14-21-35(25)28-8-4-26(5-9-28)23-36(44-38(50)30-10-6-27(24-41)7-11-30)40(52)43-32-15-12-29(13-16-32)37-45-47-48-46-37/h4-5,8-9,12-16,21-22,27,30,33-34,36H,6-7,10-11,17-20,23-24,41H2,1-3H3,(H,42,51)(H,43,52)(H,44,50)(H,45,46,47,48)/t27?,30?,33?,34?,36-/m0/s1. The first kappa shape index (κ1) is 36.8. The first-order chi connectivity index (χ1) is 25.2. The quantitative estimate of drug-likeness (QED) is 0.139. The summed E-state index contributed by atoms with van der Waals surface area (Å²) in [6.45, 7) is 2.66. The van der Waals surface area contributed by atoms with Crippen LogP contribution in [0.5, 0.6) is 0 Å². The molecule has 0 saturated heterocycles. The van der Waals surface area contributed by atoms with Gasteiger partial charge in [0.2, 0.25) is 17.6 Å². The highest BCUT2D eigenvalue weighted by Crippen LogP contribution is 2.29. The van der Waals surface area contributed by atoms with Gasteiger partial charge in [0.05, 0.1) is 0 Å². The molecule has 0 radical (unpaired) electrons. The molecule has 0 unspecified atom stereocenters. The van der Waals surface area contributed by atoms with Crippen molar-refractivity contribution in [1.29, 1.82) is 0 Å². The van der Waals surface area contributed by atoms with Crippen LogP contribution >= 0.6 is 0 Å². The maximum atomic E-state index is 13.7. The molecule has 3 amide bonds. The Morgan fingerprint density at radius 2 is 1.58 bits per heavy atom. The fraction of sp³-hybridized carbons (Fsp3) is 0.450. The molecule has 0 bridgehead atoms. The average Bonchev–Trinajstić information content (AvgIpc) is 3.71. The van der Waals surface area contributed by atoms with Gasteiger partial charge in [0.25, 0.3) is 5.91 Å². The number of rotatable bonds is 12. The fourth-order valence-corrected chi connectivity index (χ4v) is 7.57. The van der Waals surface area contributed by atoms with Gasteiger partial charge in [-0.25, -0.2) is 0 Å². The molecule has 2 saturated carbocycles. The Morgan fingerprint density at radius 1 is 0.885 bits per heavy atom. The summed E-state index contributed by atoms with van der Waals surface area (Å²) >= 11 is 0. The van der Waals surface area contributed by atoms with E-state index in [1.165, 1.54) is 0 Å². The first-order valence-electron chi connectivity index (χ1n) is 18.5. The molecule has 1 heterocycles. The number of carbonyl (C=O) groups excluding carboxylic acids is 3.